The number of amides is 1. The maximum Gasteiger partial charge on any atom is 0.228 e. The van der Waals surface area contributed by atoms with Gasteiger partial charge in [-0.25, -0.2) is 4.68 Å². The summed E-state index contributed by atoms with van der Waals surface area (Å²) in [6, 6.07) is 1.94. The summed E-state index contributed by atoms with van der Waals surface area (Å²) in [5.41, 5.74) is 6.20. The number of methoxy groups -OCH3 is 1. The number of halogens is 1. The van der Waals surface area contributed by atoms with Gasteiger partial charge in [-0.3, -0.25) is 4.79 Å². The first-order valence-electron chi connectivity index (χ1n) is 7.62. The average molecular weight is 347 g/mol. The van der Waals surface area contributed by atoms with E-state index in [4.69, 9.17) is 10.5 Å². The van der Waals surface area contributed by atoms with Crippen molar-refractivity contribution in [1.29, 1.82) is 0 Å². The molecule has 7 heteroatoms. The fourth-order valence-electron chi connectivity index (χ4n) is 2.01. The summed E-state index contributed by atoms with van der Waals surface area (Å²) in [6.07, 6.45) is -0.0409. The molecule has 1 rings (SSSR count). The van der Waals surface area contributed by atoms with Gasteiger partial charge in [0.1, 0.15) is 5.82 Å². The van der Waals surface area contributed by atoms with E-state index in [9.17, 15) is 4.79 Å². The summed E-state index contributed by atoms with van der Waals surface area (Å²) < 4.78 is 7.01. The molecule has 0 spiro atoms. The Balaban J connectivity index is 0.00000484. The van der Waals surface area contributed by atoms with Crippen molar-refractivity contribution in [2.24, 2.45) is 5.73 Å². The minimum atomic E-state index is -0.270. The summed E-state index contributed by atoms with van der Waals surface area (Å²) >= 11 is 0. The molecule has 23 heavy (non-hydrogen) atoms. The van der Waals surface area contributed by atoms with Gasteiger partial charge >= 0.3 is 0 Å². The molecular formula is C16H31ClN4O2. The number of nitrogens with one attached hydrogen (secondary N) is 1. The third kappa shape index (κ3) is 6.12. The van der Waals surface area contributed by atoms with Crippen LogP contribution in [0.5, 0.6) is 0 Å². The Morgan fingerprint density at radius 2 is 1.91 bits per heavy atom. The fourth-order valence-corrected chi connectivity index (χ4v) is 2.01. The lowest BCUT2D eigenvalue weighted by atomic mass is 9.92. The molecule has 1 aromatic heterocycles. The molecule has 0 aliphatic heterocycles. The predicted octanol–water partition coefficient (Wildman–Crippen LogP) is 2.66. The van der Waals surface area contributed by atoms with Crippen molar-refractivity contribution in [1.82, 2.24) is 9.78 Å². The summed E-state index contributed by atoms with van der Waals surface area (Å²) in [6.45, 7) is 12.8. The zero-order valence-corrected chi connectivity index (χ0v) is 16.1. The van der Waals surface area contributed by atoms with Gasteiger partial charge in [0.25, 0.3) is 0 Å². The molecule has 0 saturated carbocycles. The van der Waals surface area contributed by atoms with Crippen LogP contribution in [0.4, 0.5) is 5.82 Å². The van der Waals surface area contributed by atoms with E-state index < -0.39 is 0 Å². The van der Waals surface area contributed by atoms with Crippen LogP contribution in [-0.2, 0) is 20.5 Å². The number of ether oxygens (including phenoxy) is 1. The standard InChI is InChI=1S/C16H30N4O2.ClH/c1-15(2,3)12-9-13(20(19-12)16(4,5)6)18-14(21)8-11(10-17)22-7;/h9,11H,8,10,17H2,1-7H3,(H,18,21);1H. The van der Waals surface area contributed by atoms with E-state index >= 15 is 0 Å². The van der Waals surface area contributed by atoms with E-state index in [1.165, 1.54) is 0 Å². The van der Waals surface area contributed by atoms with Gasteiger partial charge in [0.15, 0.2) is 0 Å². The SMILES string of the molecule is COC(CN)CC(=O)Nc1cc(C(C)(C)C)nn1C(C)(C)C.Cl. The number of carbonyl (C=O) groups is 1. The maximum atomic E-state index is 12.2. The Morgan fingerprint density at radius 3 is 2.30 bits per heavy atom. The monoisotopic (exact) mass is 346 g/mol. The van der Waals surface area contributed by atoms with E-state index in [1.54, 1.807) is 7.11 Å². The number of carbonyl (C=O) groups excluding carboxylic acids is 1. The topological polar surface area (TPSA) is 82.2 Å². The quantitative estimate of drug-likeness (QED) is 0.858. The molecule has 0 saturated heterocycles. The lowest BCUT2D eigenvalue weighted by molar-refractivity contribution is -0.118. The van der Waals surface area contributed by atoms with Gasteiger partial charge in [0, 0.05) is 25.1 Å². The Morgan fingerprint density at radius 1 is 1.35 bits per heavy atom. The lowest BCUT2D eigenvalue weighted by Gasteiger charge is -2.23. The molecule has 1 unspecified atom stereocenters. The van der Waals surface area contributed by atoms with Gasteiger partial charge in [0.05, 0.1) is 23.8 Å². The first kappa shape index (κ1) is 21.9. The first-order valence-corrected chi connectivity index (χ1v) is 7.62. The van der Waals surface area contributed by atoms with Crippen molar-refractivity contribution in [3.8, 4) is 0 Å². The maximum absolute atomic E-state index is 12.2. The molecule has 0 aromatic carbocycles. The Bertz CT molecular complexity index is 511. The number of aromatic nitrogens is 2. The minimum Gasteiger partial charge on any atom is -0.380 e. The van der Waals surface area contributed by atoms with E-state index in [0.29, 0.717) is 12.4 Å². The molecule has 0 radical (unpaired) electrons. The van der Waals surface area contributed by atoms with Crippen LogP contribution in [0.25, 0.3) is 0 Å². The largest absolute Gasteiger partial charge is 0.380 e. The summed E-state index contributed by atoms with van der Waals surface area (Å²) in [5, 5.41) is 7.61. The Labute approximate surface area is 145 Å². The van der Waals surface area contributed by atoms with E-state index in [-0.39, 0.29) is 41.8 Å². The lowest BCUT2D eigenvalue weighted by Crippen LogP contribution is -2.30. The molecule has 1 amide bonds. The number of rotatable bonds is 5. The molecule has 0 bridgehead atoms. The second-order valence-electron chi connectivity index (χ2n) is 7.59. The molecular weight excluding hydrogens is 316 g/mol. The molecule has 1 aromatic rings. The van der Waals surface area contributed by atoms with Gasteiger partial charge in [-0.15, -0.1) is 12.4 Å². The van der Waals surface area contributed by atoms with E-state index in [2.05, 4.69) is 52.0 Å². The Hall–Kier alpha value is -1.11. The highest BCUT2D eigenvalue weighted by Crippen LogP contribution is 2.28. The van der Waals surface area contributed by atoms with Crippen molar-refractivity contribution >= 4 is 24.1 Å². The van der Waals surface area contributed by atoms with Gasteiger partial charge in [-0.1, -0.05) is 20.8 Å². The minimum absolute atomic E-state index is 0. The highest BCUT2D eigenvalue weighted by molar-refractivity contribution is 5.90. The van der Waals surface area contributed by atoms with Crippen molar-refractivity contribution in [3.63, 3.8) is 0 Å². The number of anilines is 1. The van der Waals surface area contributed by atoms with Crippen LogP contribution in [0.3, 0.4) is 0 Å². The van der Waals surface area contributed by atoms with E-state index in [1.807, 2.05) is 10.7 Å². The second kappa shape index (κ2) is 8.13. The highest BCUT2D eigenvalue weighted by atomic mass is 35.5. The molecule has 6 nitrogen and oxygen atoms in total. The molecule has 0 fully saturated rings. The van der Waals surface area contributed by atoms with Crippen LogP contribution in [-0.4, -0.2) is 35.4 Å². The van der Waals surface area contributed by atoms with Crippen molar-refractivity contribution in [3.05, 3.63) is 11.8 Å². The van der Waals surface area contributed by atoms with E-state index in [0.717, 1.165) is 5.69 Å². The van der Waals surface area contributed by atoms with Crippen LogP contribution >= 0.6 is 12.4 Å². The zero-order valence-electron chi connectivity index (χ0n) is 15.3. The molecule has 3 N–H and O–H groups in total. The number of nitrogens with two attached hydrogens (primary N) is 1. The third-order valence-corrected chi connectivity index (χ3v) is 3.39. The van der Waals surface area contributed by atoms with Crippen LogP contribution < -0.4 is 11.1 Å². The van der Waals surface area contributed by atoms with Gasteiger partial charge in [-0.2, -0.15) is 5.10 Å². The molecule has 1 heterocycles. The van der Waals surface area contributed by atoms with Gasteiger partial charge in [0.2, 0.25) is 5.91 Å². The fraction of sp³-hybridized carbons (Fsp3) is 0.750. The van der Waals surface area contributed by atoms with Crippen LogP contribution in [0.1, 0.15) is 53.7 Å². The van der Waals surface area contributed by atoms with Crippen molar-refractivity contribution in [2.75, 3.05) is 19.0 Å². The number of hydrogen-bond acceptors (Lipinski definition) is 4. The zero-order chi connectivity index (χ0) is 17.1. The molecule has 0 aliphatic carbocycles. The summed E-state index contributed by atoms with van der Waals surface area (Å²) in [5.74, 6) is 0.581. The normalized spacial score (nSPS) is 13.4. The summed E-state index contributed by atoms with van der Waals surface area (Å²) in [4.78, 5) is 12.2. The Kier molecular flexibility index (Phi) is 7.73. The third-order valence-electron chi connectivity index (χ3n) is 3.39. The average Bonchev–Trinajstić information content (AvgIpc) is 2.79. The second-order valence-corrected chi connectivity index (χ2v) is 7.59. The highest BCUT2D eigenvalue weighted by Gasteiger charge is 2.26. The first-order chi connectivity index (χ1) is 9.98. The van der Waals surface area contributed by atoms with Crippen molar-refractivity contribution < 1.29 is 9.53 Å². The van der Waals surface area contributed by atoms with Crippen LogP contribution in [0.15, 0.2) is 6.07 Å². The van der Waals surface area contributed by atoms with Crippen molar-refractivity contribution in [2.45, 2.75) is 65.0 Å². The molecule has 0 aliphatic rings. The smallest absolute Gasteiger partial charge is 0.228 e. The molecule has 1 atom stereocenters. The predicted molar refractivity (Wildman–Crippen MR) is 96.3 cm³/mol. The summed E-state index contributed by atoms with van der Waals surface area (Å²) in [7, 11) is 1.56. The number of nitrogens with zero attached hydrogens (tertiary/aromatic N) is 2. The van der Waals surface area contributed by atoms with Crippen LogP contribution in [0, 0.1) is 0 Å². The number of hydrogen-bond donors (Lipinski definition) is 2. The molecule has 134 valence electrons. The van der Waals surface area contributed by atoms with Gasteiger partial charge in [-0.05, 0) is 20.8 Å². The van der Waals surface area contributed by atoms with Crippen LogP contribution in [0.2, 0.25) is 0 Å². The van der Waals surface area contributed by atoms with Gasteiger partial charge < -0.3 is 15.8 Å².